The molecule has 0 radical (unpaired) electrons. The maximum absolute atomic E-state index is 11.7. The van der Waals surface area contributed by atoms with Crippen LogP contribution >= 0.6 is 0 Å². The molecular weight excluding hydrogens is 250 g/mol. The molecule has 0 spiro atoms. The first kappa shape index (κ1) is 16.5. The first-order valence-electron chi connectivity index (χ1n) is 7.60. The molecule has 0 fully saturated rings. The molecule has 0 saturated carbocycles. The van der Waals surface area contributed by atoms with E-state index < -0.39 is 0 Å². The Kier molecular flexibility index (Phi) is 8.47. The summed E-state index contributed by atoms with van der Waals surface area (Å²) in [6, 6.07) is 7.45. The summed E-state index contributed by atoms with van der Waals surface area (Å²) in [5.41, 5.74) is 7.37. The van der Waals surface area contributed by atoms with Gasteiger partial charge in [-0.05, 0) is 24.1 Å². The van der Waals surface area contributed by atoms with Gasteiger partial charge in [0.25, 0.3) is 0 Å². The Balaban J connectivity index is 2.13. The third-order valence-electron chi connectivity index (χ3n) is 3.24. The number of unbranched alkanes of at least 4 members (excludes halogenated alkanes) is 5. The van der Waals surface area contributed by atoms with E-state index in [1.807, 2.05) is 24.3 Å². The number of nitrogens with two attached hydrogens (primary N) is 1. The van der Waals surface area contributed by atoms with Crippen molar-refractivity contribution in [3.63, 3.8) is 0 Å². The molecule has 0 bridgehead atoms. The van der Waals surface area contributed by atoms with Crippen LogP contribution in [0.25, 0.3) is 0 Å². The van der Waals surface area contributed by atoms with Gasteiger partial charge < -0.3 is 16.4 Å². The number of anilines is 1. The molecule has 4 heteroatoms. The second-order valence-corrected chi connectivity index (χ2v) is 5.05. The molecular formula is C16H27N3O. The van der Waals surface area contributed by atoms with E-state index in [2.05, 4.69) is 17.6 Å². The molecule has 0 heterocycles. The van der Waals surface area contributed by atoms with Gasteiger partial charge in [0.05, 0.1) is 0 Å². The summed E-state index contributed by atoms with van der Waals surface area (Å²) in [6.07, 6.45) is 7.36. The zero-order valence-corrected chi connectivity index (χ0v) is 12.5. The minimum Gasteiger partial charge on any atom is -0.338 e. The Morgan fingerprint density at radius 1 is 1.15 bits per heavy atom. The molecule has 0 saturated heterocycles. The standard InChI is InChI=1S/C16H27N3O/c1-2-3-4-5-6-7-11-18-16(20)19-15-10-8-9-14(12-15)13-17/h8-10,12H,2-7,11,13,17H2,1H3,(H2,18,19,20). The average Bonchev–Trinajstić information content (AvgIpc) is 2.46. The van der Waals surface area contributed by atoms with E-state index in [1.54, 1.807) is 0 Å². The van der Waals surface area contributed by atoms with E-state index in [0.29, 0.717) is 6.54 Å². The second-order valence-electron chi connectivity index (χ2n) is 5.05. The van der Waals surface area contributed by atoms with Crippen molar-refractivity contribution in [2.45, 2.75) is 52.0 Å². The summed E-state index contributed by atoms with van der Waals surface area (Å²) in [4.78, 5) is 11.7. The minimum atomic E-state index is -0.146. The zero-order valence-electron chi connectivity index (χ0n) is 12.5. The fourth-order valence-electron chi connectivity index (χ4n) is 2.06. The second kappa shape index (κ2) is 10.3. The van der Waals surface area contributed by atoms with Crippen molar-refractivity contribution in [1.29, 1.82) is 0 Å². The smallest absolute Gasteiger partial charge is 0.319 e. The number of amides is 2. The SMILES string of the molecule is CCCCCCCCNC(=O)Nc1cccc(CN)c1. The topological polar surface area (TPSA) is 67.2 Å². The van der Waals surface area contributed by atoms with Gasteiger partial charge in [0.1, 0.15) is 0 Å². The normalized spacial score (nSPS) is 10.3. The lowest BCUT2D eigenvalue weighted by Crippen LogP contribution is -2.29. The Hall–Kier alpha value is -1.55. The molecule has 4 nitrogen and oxygen atoms in total. The Morgan fingerprint density at radius 3 is 2.65 bits per heavy atom. The highest BCUT2D eigenvalue weighted by Crippen LogP contribution is 2.09. The van der Waals surface area contributed by atoms with Gasteiger partial charge in [0.2, 0.25) is 0 Å². The average molecular weight is 277 g/mol. The summed E-state index contributed by atoms with van der Waals surface area (Å²) in [6.45, 7) is 3.43. The molecule has 0 unspecified atom stereocenters. The Labute approximate surface area is 122 Å². The number of hydrogen-bond acceptors (Lipinski definition) is 2. The predicted molar refractivity (Wildman–Crippen MR) is 84.7 cm³/mol. The molecule has 0 aliphatic rings. The van der Waals surface area contributed by atoms with Gasteiger partial charge in [-0.3, -0.25) is 0 Å². The maximum atomic E-state index is 11.7. The van der Waals surface area contributed by atoms with Crippen molar-refractivity contribution >= 4 is 11.7 Å². The lowest BCUT2D eigenvalue weighted by molar-refractivity contribution is 0.252. The number of hydrogen-bond donors (Lipinski definition) is 3. The predicted octanol–water partition coefficient (Wildman–Crippen LogP) is 3.63. The van der Waals surface area contributed by atoms with Gasteiger partial charge in [-0.25, -0.2) is 4.79 Å². The van der Waals surface area contributed by atoms with E-state index in [4.69, 9.17) is 5.73 Å². The monoisotopic (exact) mass is 277 g/mol. The van der Waals surface area contributed by atoms with Gasteiger partial charge in [0.15, 0.2) is 0 Å². The summed E-state index contributed by atoms with van der Waals surface area (Å²) < 4.78 is 0. The van der Waals surface area contributed by atoms with E-state index in [-0.39, 0.29) is 6.03 Å². The molecule has 1 aromatic rings. The van der Waals surface area contributed by atoms with Crippen LogP contribution in [0.4, 0.5) is 10.5 Å². The molecule has 2 amide bonds. The number of carbonyl (C=O) groups excluding carboxylic acids is 1. The number of carbonyl (C=O) groups is 1. The van der Waals surface area contributed by atoms with Crippen LogP contribution in [-0.4, -0.2) is 12.6 Å². The first-order chi connectivity index (χ1) is 9.76. The highest BCUT2D eigenvalue weighted by molar-refractivity contribution is 5.89. The van der Waals surface area contributed by atoms with Crippen LogP contribution < -0.4 is 16.4 Å². The van der Waals surface area contributed by atoms with Crippen molar-refractivity contribution in [3.05, 3.63) is 29.8 Å². The quantitative estimate of drug-likeness (QED) is 0.603. The highest BCUT2D eigenvalue weighted by atomic mass is 16.2. The number of nitrogens with one attached hydrogen (secondary N) is 2. The molecule has 1 rings (SSSR count). The molecule has 112 valence electrons. The largest absolute Gasteiger partial charge is 0.338 e. The van der Waals surface area contributed by atoms with Crippen molar-refractivity contribution in [1.82, 2.24) is 5.32 Å². The zero-order chi connectivity index (χ0) is 14.6. The van der Waals surface area contributed by atoms with Gasteiger partial charge in [-0.1, -0.05) is 51.2 Å². The molecule has 0 atom stereocenters. The fraction of sp³-hybridized carbons (Fsp3) is 0.562. The highest BCUT2D eigenvalue weighted by Gasteiger charge is 2.01. The van der Waals surface area contributed by atoms with Crippen LogP contribution in [0.1, 0.15) is 51.0 Å². The van der Waals surface area contributed by atoms with Gasteiger partial charge >= 0.3 is 6.03 Å². The number of urea groups is 1. The van der Waals surface area contributed by atoms with E-state index in [1.165, 1.54) is 32.1 Å². The van der Waals surface area contributed by atoms with Crippen molar-refractivity contribution in [3.8, 4) is 0 Å². The van der Waals surface area contributed by atoms with E-state index in [9.17, 15) is 4.79 Å². The number of rotatable bonds is 9. The van der Waals surface area contributed by atoms with Crippen LogP contribution in [0.5, 0.6) is 0 Å². The summed E-state index contributed by atoms with van der Waals surface area (Å²) in [5, 5.41) is 5.70. The van der Waals surface area contributed by atoms with Gasteiger partial charge in [-0.2, -0.15) is 0 Å². The van der Waals surface area contributed by atoms with Crippen LogP contribution in [-0.2, 0) is 6.54 Å². The molecule has 20 heavy (non-hydrogen) atoms. The Morgan fingerprint density at radius 2 is 1.90 bits per heavy atom. The lowest BCUT2D eigenvalue weighted by atomic mass is 10.1. The van der Waals surface area contributed by atoms with Crippen molar-refractivity contribution < 1.29 is 4.79 Å². The first-order valence-corrected chi connectivity index (χ1v) is 7.60. The third kappa shape index (κ3) is 7.14. The van der Waals surface area contributed by atoms with E-state index >= 15 is 0 Å². The molecule has 4 N–H and O–H groups in total. The lowest BCUT2D eigenvalue weighted by Gasteiger charge is -2.08. The molecule has 1 aromatic carbocycles. The Bertz CT molecular complexity index is 393. The van der Waals surface area contributed by atoms with Crippen LogP contribution in [0, 0.1) is 0 Å². The summed E-state index contributed by atoms with van der Waals surface area (Å²) >= 11 is 0. The van der Waals surface area contributed by atoms with Crippen molar-refractivity contribution in [2.24, 2.45) is 5.73 Å². The molecule has 0 aliphatic carbocycles. The third-order valence-corrected chi connectivity index (χ3v) is 3.24. The molecule has 0 aromatic heterocycles. The van der Waals surface area contributed by atoms with Crippen LogP contribution in [0.15, 0.2) is 24.3 Å². The van der Waals surface area contributed by atoms with E-state index in [0.717, 1.165) is 24.2 Å². The van der Waals surface area contributed by atoms with Gasteiger partial charge in [-0.15, -0.1) is 0 Å². The fourth-order valence-corrected chi connectivity index (χ4v) is 2.06. The summed E-state index contributed by atoms with van der Waals surface area (Å²) in [5.74, 6) is 0. The maximum Gasteiger partial charge on any atom is 0.319 e. The van der Waals surface area contributed by atoms with Crippen LogP contribution in [0.3, 0.4) is 0 Å². The van der Waals surface area contributed by atoms with Crippen molar-refractivity contribution in [2.75, 3.05) is 11.9 Å². The summed E-state index contributed by atoms with van der Waals surface area (Å²) in [7, 11) is 0. The van der Waals surface area contributed by atoms with Gasteiger partial charge in [0, 0.05) is 18.8 Å². The minimum absolute atomic E-state index is 0.146. The number of benzene rings is 1. The molecule has 0 aliphatic heterocycles. The van der Waals surface area contributed by atoms with Crippen LogP contribution in [0.2, 0.25) is 0 Å².